The van der Waals surface area contributed by atoms with E-state index in [0.717, 1.165) is 22.5 Å². The normalized spacial score (nSPS) is 10.9. The van der Waals surface area contributed by atoms with Crippen LogP contribution in [0, 0.1) is 6.92 Å². The Morgan fingerprint density at radius 3 is 2.20 bits per heavy atom. The lowest BCUT2D eigenvalue weighted by Crippen LogP contribution is -2.15. The fourth-order valence-electron chi connectivity index (χ4n) is 3.93. The molecule has 0 aliphatic carbocycles. The maximum atomic E-state index is 13.5. The first-order valence-corrected chi connectivity index (χ1v) is 11.7. The van der Waals surface area contributed by atoms with Gasteiger partial charge in [0.2, 0.25) is 0 Å². The van der Waals surface area contributed by atoms with Crippen LogP contribution in [0.1, 0.15) is 21.6 Å². The lowest BCUT2D eigenvalue weighted by molar-refractivity contribution is 0.102. The molecule has 6 nitrogen and oxygen atoms in total. The summed E-state index contributed by atoms with van der Waals surface area (Å²) in [4.78, 5) is 13.5. The second kappa shape index (κ2) is 9.78. The van der Waals surface area contributed by atoms with Gasteiger partial charge in [0, 0.05) is 33.4 Å². The second-order valence-electron chi connectivity index (χ2n) is 7.98. The zero-order valence-electron chi connectivity index (χ0n) is 18.8. The summed E-state index contributed by atoms with van der Waals surface area (Å²) in [6.07, 6.45) is 1.77. The van der Waals surface area contributed by atoms with Gasteiger partial charge < -0.3 is 5.32 Å². The van der Waals surface area contributed by atoms with Crippen molar-refractivity contribution >= 4 is 34.9 Å². The molecule has 0 unspecified atom stereocenters. The minimum absolute atomic E-state index is 0.287. The number of amides is 1. The largest absolute Gasteiger partial charge is 0.305 e. The van der Waals surface area contributed by atoms with Crippen molar-refractivity contribution in [3.63, 3.8) is 0 Å². The molecule has 0 aliphatic rings. The predicted molar refractivity (Wildman–Crippen MR) is 139 cm³/mol. The number of rotatable bonds is 6. The molecule has 1 amide bonds. The third kappa shape index (κ3) is 4.71. The summed E-state index contributed by atoms with van der Waals surface area (Å²) in [5.74, 6) is 0.133. The number of carbonyl (C=O) groups excluding carboxylic acids is 1. The Morgan fingerprint density at radius 2 is 1.51 bits per heavy atom. The third-order valence-corrected chi connectivity index (χ3v) is 6.36. The average molecular weight is 502 g/mol. The molecule has 174 valence electrons. The van der Waals surface area contributed by atoms with Crippen molar-refractivity contribution in [2.24, 2.45) is 0 Å². The van der Waals surface area contributed by atoms with Gasteiger partial charge in [-0.3, -0.25) is 9.48 Å². The smallest absolute Gasteiger partial charge is 0.261 e. The van der Waals surface area contributed by atoms with Crippen molar-refractivity contribution < 1.29 is 4.79 Å². The van der Waals surface area contributed by atoms with Gasteiger partial charge in [-0.25, -0.2) is 4.68 Å². The quantitative estimate of drug-likeness (QED) is 0.283. The molecule has 35 heavy (non-hydrogen) atoms. The van der Waals surface area contributed by atoms with Crippen LogP contribution in [0.3, 0.4) is 0 Å². The number of hydrogen-bond donors (Lipinski definition) is 1. The maximum absolute atomic E-state index is 13.5. The van der Waals surface area contributed by atoms with Gasteiger partial charge >= 0.3 is 0 Å². The SMILES string of the molecule is Cc1c(C(=O)Nc2ccn(Cc3c(Cl)cccc3Cl)n2)c(-c2ccccc2)nn1-c1ccccc1. The summed E-state index contributed by atoms with van der Waals surface area (Å²) in [5, 5.41) is 13.3. The minimum atomic E-state index is -0.287. The molecule has 0 atom stereocenters. The molecule has 5 rings (SSSR count). The molecule has 0 aliphatic heterocycles. The highest BCUT2D eigenvalue weighted by Crippen LogP contribution is 2.28. The zero-order chi connectivity index (χ0) is 24.4. The Hall–Kier alpha value is -3.87. The fraction of sp³-hybridized carbons (Fsp3) is 0.0741. The molecule has 0 saturated heterocycles. The van der Waals surface area contributed by atoms with E-state index < -0.39 is 0 Å². The van der Waals surface area contributed by atoms with Crippen LogP contribution in [0.15, 0.2) is 91.1 Å². The van der Waals surface area contributed by atoms with E-state index in [1.165, 1.54) is 0 Å². The topological polar surface area (TPSA) is 64.7 Å². The highest BCUT2D eigenvalue weighted by Gasteiger charge is 2.23. The van der Waals surface area contributed by atoms with Crippen LogP contribution < -0.4 is 5.32 Å². The second-order valence-corrected chi connectivity index (χ2v) is 8.79. The number of nitrogens with one attached hydrogen (secondary N) is 1. The molecule has 1 N–H and O–H groups in total. The number of nitrogens with zero attached hydrogens (tertiary/aromatic N) is 4. The summed E-state index contributed by atoms with van der Waals surface area (Å²) in [7, 11) is 0. The monoisotopic (exact) mass is 501 g/mol. The van der Waals surface area contributed by atoms with E-state index in [1.807, 2.05) is 67.6 Å². The van der Waals surface area contributed by atoms with E-state index in [0.29, 0.717) is 33.7 Å². The van der Waals surface area contributed by atoms with Crippen LogP contribution in [0.4, 0.5) is 5.82 Å². The number of aromatic nitrogens is 4. The molecule has 0 fully saturated rings. The van der Waals surface area contributed by atoms with Crippen molar-refractivity contribution in [1.29, 1.82) is 0 Å². The number of hydrogen-bond acceptors (Lipinski definition) is 3. The van der Waals surface area contributed by atoms with Crippen molar-refractivity contribution in [1.82, 2.24) is 19.6 Å². The lowest BCUT2D eigenvalue weighted by Gasteiger charge is -2.07. The summed E-state index contributed by atoms with van der Waals surface area (Å²) < 4.78 is 3.47. The van der Waals surface area contributed by atoms with Crippen molar-refractivity contribution in [3.05, 3.63) is 118 Å². The van der Waals surface area contributed by atoms with Gasteiger partial charge in [-0.1, -0.05) is 77.8 Å². The van der Waals surface area contributed by atoms with Gasteiger partial charge in [-0.05, 0) is 31.2 Å². The van der Waals surface area contributed by atoms with E-state index in [4.69, 9.17) is 28.3 Å². The number of para-hydroxylation sites is 1. The lowest BCUT2D eigenvalue weighted by atomic mass is 10.1. The zero-order valence-corrected chi connectivity index (χ0v) is 20.3. The third-order valence-electron chi connectivity index (χ3n) is 5.66. The first kappa shape index (κ1) is 22.9. The summed E-state index contributed by atoms with van der Waals surface area (Å²) in [5.41, 5.74) is 4.32. The van der Waals surface area contributed by atoms with Gasteiger partial charge in [0.25, 0.3) is 5.91 Å². The molecular formula is C27H21Cl2N5O. The molecule has 0 bridgehead atoms. The predicted octanol–water partition coefficient (Wildman–Crippen LogP) is 6.65. The summed E-state index contributed by atoms with van der Waals surface area (Å²) in [6, 6.07) is 26.5. The molecule has 2 heterocycles. The molecule has 2 aromatic heterocycles. The molecule has 0 saturated carbocycles. The first-order valence-electron chi connectivity index (χ1n) is 11.0. The molecule has 0 radical (unpaired) electrons. The molecule has 8 heteroatoms. The van der Waals surface area contributed by atoms with E-state index in [1.54, 1.807) is 39.8 Å². The van der Waals surface area contributed by atoms with Gasteiger partial charge in [0.1, 0.15) is 5.69 Å². The van der Waals surface area contributed by atoms with Crippen molar-refractivity contribution in [2.45, 2.75) is 13.5 Å². The molecule has 0 spiro atoms. The maximum Gasteiger partial charge on any atom is 0.261 e. The molecule has 5 aromatic rings. The Bertz CT molecular complexity index is 1470. The van der Waals surface area contributed by atoms with Crippen LogP contribution in [0.25, 0.3) is 16.9 Å². The van der Waals surface area contributed by atoms with Crippen LogP contribution in [-0.2, 0) is 6.54 Å². The van der Waals surface area contributed by atoms with Crippen molar-refractivity contribution in [3.8, 4) is 16.9 Å². The number of benzene rings is 3. The van der Waals surface area contributed by atoms with E-state index in [2.05, 4.69) is 10.4 Å². The molecule has 3 aromatic carbocycles. The van der Waals surface area contributed by atoms with Gasteiger partial charge in [-0.2, -0.15) is 10.2 Å². The van der Waals surface area contributed by atoms with Crippen LogP contribution in [0.2, 0.25) is 10.0 Å². The van der Waals surface area contributed by atoms with Crippen LogP contribution in [0.5, 0.6) is 0 Å². The highest BCUT2D eigenvalue weighted by molar-refractivity contribution is 6.36. The Labute approximate surface area is 212 Å². The van der Waals surface area contributed by atoms with E-state index >= 15 is 0 Å². The highest BCUT2D eigenvalue weighted by atomic mass is 35.5. The van der Waals surface area contributed by atoms with E-state index in [-0.39, 0.29) is 5.91 Å². The van der Waals surface area contributed by atoms with Crippen molar-refractivity contribution in [2.75, 3.05) is 5.32 Å². The Kier molecular flexibility index (Phi) is 6.40. The Morgan fingerprint density at radius 1 is 0.857 bits per heavy atom. The van der Waals surface area contributed by atoms with Gasteiger partial charge in [-0.15, -0.1) is 0 Å². The number of anilines is 1. The van der Waals surface area contributed by atoms with Gasteiger partial charge in [0.15, 0.2) is 5.82 Å². The average Bonchev–Trinajstić information content (AvgIpc) is 3.46. The molecular weight excluding hydrogens is 481 g/mol. The van der Waals surface area contributed by atoms with Crippen LogP contribution in [-0.4, -0.2) is 25.5 Å². The van der Waals surface area contributed by atoms with Crippen LogP contribution >= 0.6 is 23.2 Å². The summed E-state index contributed by atoms with van der Waals surface area (Å²) >= 11 is 12.6. The minimum Gasteiger partial charge on any atom is -0.305 e. The first-order chi connectivity index (χ1) is 17.0. The Balaban J connectivity index is 1.46. The number of carbonyl (C=O) groups is 1. The standard InChI is InChI=1S/C27H21Cl2N5O/c1-18-25(26(19-9-4-2-5-10-19)32-34(18)20-11-6-3-7-12-20)27(35)30-24-15-16-33(31-24)17-21-22(28)13-8-14-23(21)29/h2-16H,17H2,1H3,(H,30,31,35). The fourth-order valence-corrected chi connectivity index (χ4v) is 4.45. The summed E-state index contributed by atoms with van der Waals surface area (Å²) in [6.45, 7) is 2.27. The van der Waals surface area contributed by atoms with Gasteiger partial charge in [0.05, 0.1) is 23.5 Å². The van der Waals surface area contributed by atoms with E-state index in [9.17, 15) is 4.79 Å². The number of halogens is 2.